The van der Waals surface area contributed by atoms with Gasteiger partial charge in [0.2, 0.25) is 0 Å². The molecule has 0 atom stereocenters. The normalized spacial score (nSPS) is 12.0. The summed E-state index contributed by atoms with van der Waals surface area (Å²) in [6.45, 7) is 6.85. The van der Waals surface area contributed by atoms with E-state index in [4.69, 9.17) is 4.98 Å². The van der Waals surface area contributed by atoms with Crippen molar-refractivity contribution >= 4 is 31.5 Å². The molecule has 2 aromatic heterocycles. The van der Waals surface area contributed by atoms with Gasteiger partial charge in [-0.1, -0.05) is 81.4 Å². The lowest BCUT2D eigenvalue weighted by Crippen LogP contribution is -2.09. The van der Waals surface area contributed by atoms with Crippen molar-refractivity contribution in [1.82, 2.24) is 4.98 Å². The molecule has 0 amide bonds. The van der Waals surface area contributed by atoms with E-state index in [2.05, 4.69) is 99.6 Å². The minimum Gasteiger partial charge on any atom is -0.256 e. The van der Waals surface area contributed by atoms with E-state index < -0.39 is 0 Å². The lowest BCUT2D eigenvalue weighted by Gasteiger charge is -2.18. The summed E-state index contributed by atoms with van der Waals surface area (Å²) >= 11 is 1.87. The van der Waals surface area contributed by atoms with E-state index in [9.17, 15) is 0 Å². The van der Waals surface area contributed by atoms with Gasteiger partial charge in [-0.15, -0.1) is 11.3 Å². The Kier molecular flexibility index (Phi) is 4.67. The van der Waals surface area contributed by atoms with E-state index in [-0.39, 0.29) is 5.41 Å². The number of thiophene rings is 1. The van der Waals surface area contributed by atoms with Gasteiger partial charge in [-0.2, -0.15) is 0 Å². The maximum absolute atomic E-state index is 4.73. The van der Waals surface area contributed by atoms with Gasteiger partial charge in [0.25, 0.3) is 0 Å². The zero-order valence-corrected chi connectivity index (χ0v) is 18.5. The Morgan fingerprint density at radius 1 is 0.767 bits per heavy atom. The monoisotopic (exact) mass is 407 g/mol. The van der Waals surface area contributed by atoms with Crippen LogP contribution in [0.15, 0.2) is 85.1 Å². The lowest BCUT2D eigenvalue weighted by atomic mass is 9.88. The maximum atomic E-state index is 4.73. The molecule has 0 radical (unpaired) electrons. The van der Waals surface area contributed by atoms with Gasteiger partial charge >= 0.3 is 0 Å². The topological polar surface area (TPSA) is 12.9 Å². The number of benzene rings is 3. The number of pyridine rings is 1. The highest BCUT2D eigenvalue weighted by Gasteiger charge is 2.15. The number of nitrogens with zero attached hydrogens (tertiary/aromatic N) is 1. The molecule has 0 saturated carbocycles. The Bertz CT molecular complexity index is 1340. The zero-order chi connectivity index (χ0) is 20.7. The van der Waals surface area contributed by atoms with Crippen molar-refractivity contribution in [2.45, 2.75) is 27.2 Å². The first-order valence-electron chi connectivity index (χ1n) is 10.4. The molecule has 0 spiro atoms. The second-order valence-corrected chi connectivity index (χ2v) is 10.2. The second kappa shape index (κ2) is 7.37. The SMILES string of the molecule is CC(C)(C)Cc1ccnc(-c2cccc3c2sc2cc(-c4ccccc4)ccc23)c1. The molecule has 0 N–H and O–H groups in total. The van der Waals surface area contributed by atoms with Gasteiger partial charge in [-0.3, -0.25) is 4.98 Å². The van der Waals surface area contributed by atoms with Gasteiger partial charge in [-0.05, 0) is 46.7 Å². The third kappa shape index (κ3) is 3.64. The summed E-state index contributed by atoms with van der Waals surface area (Å²) in [5, 5.41) is 2.64. The quantitative estimate of drug-likeness (QED) is 0.293. The average molecular weight is 408 g/mol. The highest BCUT2D eigenvalue weighted by Crippen LogP contribution is 2.41. The van der Waals surface area contributed by atoms with Gasteiger partial charge in [0.05, 0.1) is 5.69 Å². The van der Waals surface area contributed by atoms with Crippen molar-refractivity contribution in [2.24, 2.45) is 5.41 Å². The van der Waals surface area contributed by atoms with Crippen molar-refractivity contribution < 1.29 is 0 Å². The van der Waals surface area contributed by atoms with Crippen LogP contribution in [0.25, 0.3) is 42.6 Å². The Hall–Kier alpha value is -2.97. The third-order valence-corrected chi connectivity index (χ3v) is 6.64. The van der Waals surface area contributed by atoms with E-state index in [0.717, 1.165) is 12.1 Å². The van der Waals surface area contributed by atoms with Crippen LogP contribution in [0.1, 0.15) is 26.3 Å². The van der Waals surface area contributed by atoms with Crippen LogP contribution >= 0.6 is 11.3 Å². The van der Waals surface area contributed by atoms with Crippen molar-refractivity contribution in [1.29, 1.82) is 0 Å². The molecule has 30 heavy (non-hydrogen) atoms. The molecular weight excluding hydrogens is 382 g/mol. The molecule has 0 unspecified atom stereocenters. The van der Waals surface area contributed by atoms with Crippen molar-refractivity contribution in [2.75, 3.05) is 0 Å². The third-order valence-electron chi connectivity index (χ3n) is 5.44. The van der Waals surface area contributed by atoms with Gasteiger partial charge < -0.3 is 0 Å². The first-order chi connectivity index (χ1) is 14.5. The van der Waals surface area contributed by atoms with Crippen LogP contribution in [0.3, 0.4) is 0 Å². The maximum Gasteiger partial charge on any atom is 0.0719 e. The van der Waals surface area contributed by atoms with Crippen LogP contribution in [0, 0.1) is 5.41 Å². The van der Waals surface area contributed by atoms with Gasteiger partial charge in [-0.25, -0.2) is 0 Å². The smallest absolute Gasteiger partial charge is 0.0719 e. The molecule has 3 aromatic carbocycles. The Labute approximate surface area is 182 Å². The first kappa shape index (κ1) is 19.0. The predicted molar refractivity (Wildman–Crippen MR) is 131 cm³/mol. The van der Waals surface area contributed by atoms with E-state index >= 15 is 0 Å². The number of rotatable bonds is 3. The summed E-state index contributed by atoms with van der Waals surface area (Å²) in [4.78, 5) is 4.73. The van der Waals surface area contributed by atoms with Gasteiger partial charge in [0.15, 0.2) is 0 Å². The lowest BCUT2D eigenvalue weighted by molar-refractivity contribution is 0.411. The molecule has 0 saturated heterocycles. The standard InChI is InChI=1S/C28H25NS/c1-28(2,3)18-19-14-15-29-25(16-19)24-11-7-10-23-22-13-12-21(17-26(22)30-27(23)24)20-8-5-4-6-9-20/h4-17H,18H2,1-3H3. The predicted octanol–water partition coefficient (Wildman–Crippen LogP) is 8.37. The van der Waals surface area contributed by atoms with Crippen LogP contribution in [0.5, 0.6) is 0 Å². The molecule has 2 heterocycles. The molecular formula is C28H25NS. The fraction of sp³-hybridized carbons (Fsp3) is 0.179. The number of fused-ring (bicyclic) bond motifs is 3. The molecule has 1 nitrogen and oxygen atoms in total. The van der Waals surface area contributed by atoms with Crippen molar-refractivity contribution in [3.8, 4) is 22.4 Å². The molecule has 5 aromatic rings. The van der Waals surface area contributed by atoms with Crippen molar-refractivity contribution in [3.05, 3.63) is 90.6 Å². The van der Waals surface area contributed by atoms with Gasteiger partial charge in [0.1, 0.15) is 0 Å². The largest absolute Gasteiger partial charge is 0.256 e. The highest BCUT2D eigenvalue weighted by molar-refractivity contribution is 7.26. The van der Waals surface area contributed by atoms with Crippen LogP contribution in [-0.4, -0.2) is 4.98 Å². The summed E-state index contributed by atoms with van der Waals surface area (Å²) in [5.41, 5.74) is 6.42. The Morgan fingerprint density at radius 2 is 1.60 bits per heavy atom. The van der Waals surface area contributed by atoms with Crippen LogP contribution in [0.4, 0.5) is 0 Å². The van der Waals surface area contributed by atoms with Crippen LogP contribution < -0.4 is 0 Å². The molecule has 5 rings (SSSR count). The minimum absolute atomic E-state index is 0.260. The number of aromatic nitrogens is 1. The van der Waals surface area contributed by atoms with E-state index in [1.54, 1.807) is 0 Å². The summed E-state index contributed by atoms with van der Waals surface area (Å²) in [6.07, 6.45) is 3.00. The number of hydrogen-bond donors (Lipinski definition) is 0. The molecule has 0 bridgehead atoms. The molecule has 0 aliphatic rings. The summed E-state index contributed by atoms with van der Waals surface area (Å²) in [7, 11) is 0. The molecule has 0 fully saturated rings. The van der Waals surface area contributed by atoms with E-state index in [0.29, 0.717) is 0 Å². The van der Waals surface area contributed by atoms with Crippen LogP contribution in [0.2, 0.25) is 0 Å². The van der Waals surface area contributed by atoms with Gasteiger partial charge in [0, 0.05) is 31.9 Å². The summed E-state index contributed by atoms with van der Waals surface area (Å²) < 4.78 is 2.64. The first-order valence-corrected chi connectivity index (χ1v) is 11.3. The molecule has 148 valence electrons. The van der Waals surface area contributed by atoms with E-state index in [1.165, 1.54) is 42.4 Å². The Balaban J connectivity index is 1.64. The average Bonchev–Trinajstić information content (AvgIpc) is 3.11. The number of hydrogen-bond acceptors (Lipinski definition) is 2. The minimum atomic E-state index is 0.260. The highest BCUT2D eigenvalue weighted by atomic mass is 32.1. The molecule has 2 heteroatoms. The summed E-state index contributed by atoms with van der Waals surface area (Å²) in [6, 6.07) is 28.4. The van der Waals surface area contributed by atoms with E-state index in [1.807, 2.05) is 17.5 Å². The fourth-order valence-corrected chi connectivity index (χ4v) is 5.42. The second-order valence-electron chi connectivity index (χ2n) is 9.15. The Morgan fingerprint density at radius 3 is 2.40 bits per heavy atom. The zero-order valence-electron chi connectivity index (χ0n) is 17.6. The van der Waals surface area contributed by atoms with Crippen LogP contribution in [-0.2, 0) is 6.42 Å². The van der Waals surface area contributed by atoms with Crippen molar-refractivity contribution in [3.63, 3.8) is 0 Å². The fourth-order valence-electron chi connectivity index (χ4n) is 4.15. The molecule has 0 aliphatic heterocycles. The summed E-state index contributed by atoms with van der Waals surface area (Å²) in [5.74, 6) is 0. The molecule has 0 aliphatic carbocycles.